The smallest absolute Gasteiger partial charge is 0.225 e. The van der Waals surface area contributed by atoms with Gasteiger partial charge < -0.3 is 14.5 Å². The predicted octanol–water partition coefficient (Wildman–Crippen LogP) is 2.88. The summed E-state index contributed by atoms with van der Waals surface area (Å²) >= 11 is 0. The van der Waals surface area contributed by atoms with Gasteiger partial charge in [-0.1, -0.05) is 18.2 Å². The number of hydrogen-bond donors (Lipinski definition) is 1. The van der Waals surface area contributed by atoms with Gasteiger partial charge in [0.05, 0.1) is 31.6 Å². The molecule has 0 fully saturated rings. The summed E-state index contributed by atoms with van der Waals surface area (Å²) in [5.74, 6) is 0.711. The molecule has 4 heteroatoms. The highest BCUT2D eigenvalue weighted by atomic mass is 16.5. The van der Waals surface area contributed by atoms with E-state index in [1.165, 1.54) is 0 Å². The van der Waals surface area contributed by atoms with Gasteiger partial charge >= 0.3 is 0 Å². The van der Waals surface area contributed by atoms with Crippen LogP contribution in [0, 0.1) is 0 Å². The van der Waals surface area contributed by atoms with Crippen LogP contribution in [0.2, 0.25) is 0 Å². The average molecular weight is 273 g/mol. The maximum atomic E-state index is 12.1. The number of carbonyl (C=O) groups is 1. The molecule has 0 aliphatic rings. The molecule has 0 saturated heterocycles. The van der Waals surface area contributed by atoms with Gasteiger partial charge in [0.2, 0.25) is 5.91 Å². The minimum Gasteiger partial charge on any atom is -0.496 e. The maximum absolute atomic E-state index is 12.1. The van der Waals surface area contributed by atoms with Crippen LogP contribution in [0.25, 0.3) is 0 Å². The van der Waals surface area contributed by atoms with E-state index in [0.717, 1.165) is 16.9 Å². The number of carbonyl (C=O) groups excluding carboxylic acids is 1. The minimum atomic E-state index is -0.507. The number of furan rings is 1. The molecule has 2 rings (SSSR count). The summed E-state index contributed by atoms with van der Waals surface area (Å²) < 4.78 is 10.3. The lowest BCUT2D eigenvalue weighted by molar-refractivity contribution is -0.122. The summed E-state index contributed by atoms with van der Waals surface area (Å²) in [4.78, 5) is 12.1. The van der Waals surface area contributed by atoms with E-state index >= 15 is 0 Å². The lowest BCUT2D eigenvalue weighted by Gasteiger charge is -2.28. The number of amides is 1. The number of nitrogens with one attached hydrogen (secondary N) is 1. The fourth-order valence-corrected chi connectivity index (χ4v) is 2.20. The van der Waals surface area contributed by atoms with Crippen LogP contribution in [0.3, 0.4) is 0 Å². The molecule has 0 aliphatic carbocycles. The van der Waals surface area contributed by atoms with E-state index in [1.807, 2.05) is 38.1 Å². The van der Waals surface area contributed by atoms with Crippen molar-refractivity contribution in [3.05, 3.63) is 54.0 Å². The zero-order chi connectivity index (χ0) is 14.6. The first-order chi connectivity index (χ1) is 9.53. The molecule has 1 heterocycles. The molecule has 0 unspecified atom stereocenters. The van der Waals surface area contributed by atoms with E-state index < -0.39 is 5.54 Å². The van der Waals surface area contributed by atoms with E-state index in [2.05, 4.69) is 5.32 Å². The topological polar surface area (TPSA) is 51.5 Å². The number of methoxy groups -OCH3 is 1. The van der Waals surface area contributed by atoms with Crippen molar-refractivity contribution in [3.63, 3.8) is 0 Å². The second-order valence-corrected chi connectivity index (χ2v) is 5.18. The second-order valence-electron chi connectivity index (χ2n) is 5.18. The Morgan fingerprint density at radius 2 is 2.05 bits per heavy atom. The highest BCUT2D eigenvalue weighted by molar-refractivity contribution is 5.79. The van der Waals surface area contributed by atoms with E-state index in [-0.39, 0.29) is 5.91 Å². The third-order valence-electron chi connectivity index (χ3n) is 3.18. The Kier molecular flexibility index (Phi) is 4.13. The Labute approximate surface area is 118 Å². The van der Waals surface area contributed by atoms with Gasteiger partial charge in [-0.3, -0.25) is 4.79 Å². The second kappa shape index (κ2) is 5.82. The number of para-hydroxylation sites is 1. The predicted molar refractivity (Wildman–Crippen MR) is 76.6 cm³/mol. The van der Waals surface area contributed by atoms with Crippen molar-refractivity contribution in [1.82, 2.24) is 5.32 Å². The summed E-state index contributed by atoms with van der Waals surface area (Å²) in [7, 11) is 1.63. The average Bonchev–Trinajstić information content (AvgIpc) is 2.90. The van der Waals surface area contributed by atoms with Crippen molar-refractivity contribution >= 4 is 5.91 Å². The van der Waals surface area contributed by atoms with Gasteiger partial charge in [0.15, 0.2) is 0 Å². The molecular formula is C16H19NO3. The molecule has 20 heavy (non-hydrogen) atoms. The van der Waals surface area contributed by atoms with Crippen LogP contribution in [0.15, 0.2) is 47.3 Å². The van der Waals surface area contributed by atoms with E-state index in [4.69, 9.17) is 9.15 Å². The number of rotatable bonds is 5. The zero-order valence-electron chi connectivity index (χ0n) is 12.0. The lowest BCUT2D eigenvalue weighted by atomic mass is 9.93. The SMILES string of the molecule is COc1ccccc1C(C)(C)NC(=O)Cc1ccoc1. The molecule has 4 nitrogen and oxygen atoms in total. The van der Waals surface area contributed by atoms with E-state index in [1.54, 1.807) is 25.7 Å². The van der Waals surface area contributed by atoms with Gasteiger partial charge in [-0.25, -0.2) is 0 Å². The van der Waals surface area contributed by atoms with Crippen molar-refractivity contribution in [2.75, 3.05) is 7.11 Å². The monoisotopic (exact) mass is 273 g/mol. The Bertz CT molecular complexity index is 573. The number of ether oxygens (including phenoxy) is 1. The van der Waals surface area contributed by atoms with Crippen LogP contribution in [0.1, 0.15) is 25.0 Å². The lowest BCUT2D eigenvalue weighted by Crippen LogP contribution is -2.41. The zero-order valence-corrected chi connectivity index (χ0v) is 12.0. The molecule has 1 amide bonds. The Balaban J connectivity index is 2.12. The van der Waals surface area contributed by atoms with Gasteiger partial charge in [-0.2, -0.15) is 0 Å². The fraction of sp³-hybridized carbons (Fsp3) is 0.312. The molecule has 1 N–H and O–H groups in total. The molecule has 0 bridgehead atoms. The maximum Gasteiger partial charge on any atom is 0.225 e. The van der Waals surface area contributed by atoms with Gasteiger partial charge in [0, 0.05) is 5.56 Å². The quantitative estimate of drug-likeness (QED) is 0.911. The third kappa shape index (κ3) is 3.20. The van der Waals surface area contributed by atoms with Crippen molar-refractivity contribution < 1.29 is 13.9 Å². The molecule has 1 aromatic carbocycles. The molecule has 0 radical (unpaired) electrons. The minimum absolute atomic E-state index is 0.0534. The summed E-state index contributed by atoms with van der Waals surface area (Å²) in [6.07, 6.45) is 3.44. The van der Waals surface area contributed by atoms with Crippen LogP contribution in [0.5, 0.6) is 5.75 Å². The standard InChI is InChI=1S/C16H19NO3/c1-16(2,13-6-4-5-7-14(13)19-3)17-15(18)10-12-8-9-20-11-12/h4-9,11H,10H2,1-3H3,(H,17,18). The molecular weight excluding hydrogens is 254 g/mol. The van der Waals surface area contributed by atoms with Gasteiger partial charge in [0.25, 0.3) is 0 Å². The van der Waals surface area contributed by atoms with Crippen LogP contribution in [-0.4, -0.2) is 13.0 Å². The van der Waals surface area contributed by atoms with Gasteiger partial charge in [-0.05, 0) is 31.5 Å². The Hall–Kier alpha value is -2.23. The third-order valence-corrected chi connectivity index (χ3v) is 3.18. The molecule has 106 valence electrons. The Morgan fingerprint density at radius 3 is 2.70 bits per heavy atom. The summed E-state index contributed by atoms with van der Waals surface area (Å²) in [6.45, 7) is 3.91. The van der Waals surface area contributed by atoms with Crippen molar-refractivity contribution in [2.24, 2.45) is 0 Å². The summed E-state index contributed by atoms with van der Waals surface area (Å²) in [5, 5.41) is 3.02. The van der Waals surface area contributed by atoms with Gasteiger partial charge in [0.1, 0.15) is 5.75 Å². The Morgan fingerprint density at radius 1 is 1.30 bits per heavy atom. The van der Waals surface area contributed by atoms with Crippen molar-refractivity contribution in [3.8, 4) is 5.75 Å². The van der Waals surface area contributed by atoms with Crippen LogP contribution >= 0.6 is 0 Å². The fourth-order valence-electron chi connectivity index (χ4n) is 2.20. The summed E-state index contributed by atoms with van der Waals surface area (Å²) in [5.41, 5.74) is 1.30. The largest absolute Gasteiger partial charge is 0.496 e. The summed E-state index contributed by atoms with van der Waals surface area (Å²) in [6, 6.07) is 9.47. The normalized spacial score (nSPS) is 11.2. The molecule has 0 saturated carbocycles. The highest BCUT2D eigenvalue weighted by Gasteiger charge is 2.26. The van der Waals surface area contributed by atoms with Crippen LogP contribution in [-0.2, 0) is 16.8 Å². The molecule has 0 spiro atoms. The molecule has 2 aromatic rings. The first-order valence-electron chi connectivity index (χ1n) is 6.48. The first-order valence-corrected chi connectivity index (χ1v) is 6.48. The van der Waals surface area contributed by atoms with Crippen molar-refractivity contribution in [1.29, 1.82) is 0 Å². The van der Waals surface area contributed by atoms with E-state index in [0.29, 0.717) is 6.42 Å². The van der Waals surface area contributed by atoms with Crippen molar-refractivity contribution in [2.45, 2.75) is 25.8 Å². The molecule has 0 atom stereocenters. The highest BCUT2D eigenvalue weighted by Crippen LogP contribution is 2.29. The van der Waals surface area contributed by atoms with Crippen LogP contribution in [0.4, 0.5) is 0 Å². The number of benzene rings is 1. The van der Waals surface area contributed by atoms with Crippen LogP contribution < -0.4 is 10.1 Å². The van der Waals surface area contributed by atoms with Gasteiger partial charge in [-0.15, -0.1) is 0 Å². The molecule has 0 aliphatic heterocycles. The molecule has 1 aromatic heterocycles. The van der Waals surface area contributed by atoms with E-state index in [9.17, 15) is 4.79 Å². The first kappa shape index (κ1) is 14.2. The number of hydrogen-bond acceptors (Lipinski definition) is 3.